The van der Waals surface area contributed by atoms with Crippen molar-refractivity contribution in [1.82, 2.24) is 5.01 Å². The van der Waals surface area contributed by atoms with Crippen LogP contribution in [0.1, 0.15) is 35.7 Å². The van der Waals surface area contributed by atoms with Crippen LogP contribution in [0.15, 0.2) is 46.9 Å². The SMILES string of the molecule is O=C(O)CCC(=O)N1N=C(c2cccs2)C[C@H]1c1ccccc1Cl. The Kier molecular flexibility index (Phi) is 4.97. The molecule has 2 heterocycles. The molecular formula is C17H15ClN2O3S. The molecule has 124 valence electrons. The van der Waals surface area contributed by atoms with E-state index in [1.165, 1.54) is 5.01 Å². The van der Waals surface area contributed by atoms with Crippen molar-refractivity contribution in [3.63, 3.8) is 0 Å². The summed E-state index contributed by atoms with van der Waals surface area (Å²) >= 11 is 7.85. The third-order valence-corrected chi connectivity index (χ3v) is 5.05. The monoisotopic (exact) mass is 362 g/mol. The Morgan fingerprint density at radius 3 is 2.71 bits per heavy atom. The zero-order valence-electron chi connectivity index (χ0n) is 12.7. The van der Waals surface area contributed by atoms with Crippen molar-refractivity contribution in [1.29, 1.82) is 0 Å². The summed E-state index contributed by atoms with van der Waals surface area (Å²) in [6, 6.07) is 10.9. The fourth-order valence-electron chi connectivity index (χ4n) is 2.65. The van der Waals surface area contributed by atoms with E-state index in [4.69, 9.17) is 16.7 Å². The van der Waals surface area contributed by atoms with Crippen LogP contribution < -0.4 is 0 Å². The minimum Gasteiger partial charge on any atom is -0.481 e. The predicted octanol–water partition coefficient (Wildman–Crippen LogP) is 3.94. The molecule has 0 saturated carbocycles. The van der Waals surface area contributed by atoms with E-state index < -0.39 is 5.97 Å². The lowest BCUT2D eigenvalue weighted by atomic mass is 10.0. The van der Waals surface area contributed by atoms with E-state index in [9.17, 15) is 9.59 Å². The number of amides is 1. The Labute approximate surface area is 148 Å². The van der Waals surface area contributed by atoms with Crippen LogP contribution in [0.4, 0.5) is 0 Å². The lowest BCUT2D eigenvalue weighted by Crippen LogP contribution is -2.27. The second kappa shape index (κ2) is 7.15. The van der Waals surface area contributed by atoms with Gasteiger partial charge in [0.25, 0.3) is 0 Å². The maximum atomic E-state index is 12.5. The smallest absolute Gasteiger partial charge is 0.303 e. The lowest BCUT2D eigenvalue weighted by molar-refractivity contribution is -0.141. The summed E-state index contributed by atoms with van der Waals surface area (Å²) in [6.45, 7) is 0. The maximum absolute atomic E-state index is 12.5. The molecule has 7 heteroatoms. The molecule has 0 aliphatic carbocycles. The number of carbonyl (C=O) groups is 2. The molecule has 0 spiro atoms. The number of hydrogen-bond acceptors (Lipinski definition) is 4. The highest BCUT2D eigenvalue weighted by Crippen LogP contribution is 2.37. The number of hydrogen-bond donors (Lipinski definition) is 1. The predicted molar refractivity (Wildman–Crippen MR) is 93.4 cm³/mol. The topological polar surface area (TPSA) is 70.0 Å². The van der Waals surface area contributed by atoms with Gasteiger partial charge in [-0.3, -0.25) is 9.59 Å². The number of carboxylic acids is 1. The third kappa shape index (κ3) is 3.49. The van der Waals surface area contributed by atoms with Crippen molar-refractivity contribution in [3.8, 4) is 0 Å². The first kappa shape index (κ1) is 16.7. The normalized spacial score (nSPS) is 17.0. The second-order valence-corrected chi connectivity index (χ2v) is 6.75. The van der Waals surface area contributed by atoms with E-state index in [2.05, 4.69) is 5.10 Å². The summed E-state index contributed by atoms with van der Waals surface area (Å²) in [7, 11) is 0. The Bertz CT molecular complexity index is 789. The molecule has 5 nitrogen and oxygen atoms in total. The fraction of sp³-hybridized carbons (Fsp3) is 0.235. The highest BCUT2D eigenvalue weighted by Gasteiger charge is 2.34. The van der Waals surface area contributed by atoms with Crippen LogP contribution in [-0.4, -0.2) is 27.7 Å². The average Bonchev–Trinajstić information content (AvgIpc) is 3.22. The number of hydrazone groups is 1. The Balaban J connectivity index is 1.91. The molecule has 1 amide bonds. The van der Waals surface area contributed by atoms with Crippen molar-refractivity contribution >= 4 is 40.5 Å². The number of nitrogens with zero attached hydrogens (tertiary/aromatic N) is 2. The highest BCUT2D eigenvalue weighted by molar-refractivity contribution is 7.12. The van der Waals surface area contributed by atoms with E-state index in [1.54, 1.807) is 17.4 Å². The number of aliphatic carboxylic acids is 1. The van der Waals surface area contributed by atoms with Gasteiger partial charge in [0.1, 0.15) is 0 Å². The van der Waals surface area contributed by atoms with Crippen LogP contribution in [0.5, 0.6) is 0 Å². The van der Waals surface area contributed by atoms with Gasteiger partial charge in [-0.25, -0.2) is 5.01 Å². The van der Waals surface area contributed by atoms with Gasteiger partial charge in [-0.2, -0.15) is 5.10 Å². The van der Waals surface area contributed by atoms with Crippen molar-refractivity contribution in [2.24, 2.45) is 5.10 Å². The van der Waals surface area contributed by atoms with Crippen LogP contribution in [0.25, 0.3) is 0 Å². The summed E-state index contributed by atoms with van der Waals surface area (Å²) in [5.74, 6) is -1.31. The molecule has 0 radical (unpaired) electrons. The van der Waals surface area contributed by atoms with E-state index in [0.717, 1.165) is 16.2 Å². The number of rotatable bonds is 5. The van der Waals surface area contributed by atoms with Crippen molar-refractivity contribution in [3.05, 3.63) is 57.2 Å². The van der Waals surface area contributed by atoms with Crippen LogP contribution in [-0.2, 0) is 9.59 Å². The lowest BCUT2D eigenvalue weighted by Gasteiger charge is -2.22. The van der Waals surface area contributed by atoms with Gasteiger partial charge in [0.05, 0.1) is 23.1 Å². The van der Waals surface area contributed by atoms with Gasteiger partial charge in [-0.05, 0) is 23.1 Å². The highest BCUT2D eigenvalue weighted by atomic mass is 35.5. The third-order valence-electron chi connectivity index (χ3n) is 3.79. The Morgan fingerprint density at radius 2 is 2.04 bits per heavy atom. The zero-order valence-corrected chi connectivity index (χ0v) is 14.3. The minimum atomic E-state index is -1.00. The van der Waals surface area contributed by atoms with E-state index in [-0.39, 0.29) is 24.8 Å². The molecule has 1 N–H and O–H groups in total. The first-order chi connectivity index (χ1) is 11.6. The molecule has 1 aliphatic rings. The standard InChI is InChI=1S/C17H15ClN2O3S/c18-12-5-2-1-4-11(12)14-10-13(15-6-3-9-24-15)19-20(14)16(21)7-8-17(22)23/h1-6,9,14H,7-8,10H2,(H,22,23)/t14-/m0/s1. The molecule has 0 fully saturated rings. The largest absolute Gasteiger partial charge is 0.481 e. The molecule has 24 heavy (non-hydrogen) atoms. The van der Waals surface area contributed by atoms with Gasteiger partial charge in [0, 0.05) is 17.9 Å². The molecule has 1 atom stereocenters. The van der Waals surface area contributed by atoms with Gasteiger partial charge >= 0.3 is 5.97 Å². The summed E-state index contributed by atoms with van der Waals surface area (Å²) in [5.41, 5.74) is 1.64. The van der Waals surface area contributed by atoms with Crippen molar-refractivity contribution < 1.29 is 14.7 Å². The van der Waals surface area contributed by atoms with Crippen LogP contribution in [0.3, 0.4) is 0 Å². The van der Waals surface area contributed by atoms with Crippen LogP contribution in [0, 0.1) is 0 Å². The number of carboxylic acid groups (broad SMARTS) is 1. The summed E-state index contributed by atoms with van der Waals surface area (Å²) in [5, 5.41) is 17.2. The van der Waals surface area contributed by atoms with Crippen molar-refractivity contribution in [2.45, 2.75) is 25.3 Å². The quantitative estimate of drug-likeness (QED) is 0.875. The van der Waals surface area contributed by atoms with Gasteiger partial charge in [-0.1, -0.05) is 35.9 Å². The summed E-state index contributed by atoms with van der Waals surface area (Å²) in [6.07, 6.45) is 0.259. The van der Waals surface area contributed by atoms with E-state index in [0.29, 0.717) is 11.4 Å². The van der Waals surface area contributed by atoms with Gasteiger partial charge < -0.3 is 5.11 Å². The molecular weight excluding hydrogens is 348 g/mol. The molecule has 0 bridgehead atoms. The van der Waals surface area contributed by atoms with Gasteiger partial charge in [0.15, 0.2) is 0 Å². The summed E-state index contributed by atoms with van der Waals surface area (Å²) in [4.78, 5) is 24.2. The number of benzene rings is 1. The average molecular weight is 363 g/mol. The van der Waals surface area contributed by atoms with E-state index in [1.807, 2.05) is 35.7 Å². The first-order valence-corrected chi connectivity index (χ1v) is 8.71. The van der Waals surface area contributed by atoms with E-state index >= 15 is 0 Å². The second-order valence-electron chi connectivity index (χ2n) is 5.40. The Hall–Kier alpha value is -2.18. The molecule has 0 saturated heterocycles. The molecule has 1 aromatic heterocycles. The summed E-state index contributed by atoms with van der Waals surface area (Å²) < 4.78 is 0. The molecule has 1 aromatic carbocycles. The molecule has 0 unspecified atom stereocenters. The minimum absolute atomic E-state index is 0.0858. The van der Waals surface area contributed by atoms with Crippen LogP contribution in [0.2, 0.25) is 5.02 Å². The molecule has 1 aliphatic heterocycles. The maximum Gasteiger partial charge on any atom is 0.303 e. The Morgan fingerprint density at radius 1 is 1.25 bits per heavy atom. The van der Waals surface area contributed by atoms with Gasteiger partial charge in [-0.15, -0.1) is 11.3 Å². The van der Waals surface area contributed by atoms with Crippen LogP contribution >= 0.6 is 22.9 Å². The molecule has 2 aromatic rings. The zero-order chi connectivity index (χ0) is 17.1. The number of halogens is 1. The fourth-order valence-corrected chi connectivity index (χ4v) is 3.63. The first-order valence-electron chi connectivity index (χ1n) is 7.46. The van der Waals surface area contributed by atoms with Gasteiger partial charge in [0.2, 0.25) is 5.91 Å². The number of thiophene rings is 1. The number of carbonyl (C=O) groups excluding carboxylic acids is 1. The molecule has 3 rings (SSSR count). The van der Waals surface area contributed by atoms with Crippen molar-refractivity contribution in [2.75, 3.05) is 0 Å².